The summed E-state index contributed by atoms with van der Waals surface area (Å²) >= 11 is 0. The summed E-state index contributed by atoms with van der Waals surface area (Å²) < 4.78 is 13.1. The Morgan fingerprint density at radius 1 is 1.39 bits per heavy atom. The zero-order valence-electron chi connectivity index (χ0n) is 17.1. The van der Waals surface area contributed by atoms with E-state index < -0.39 is 11.7 Å². The maximum absolute atomic E-state index is 12.3. The molecule has 2 rings (SSSR count). The van der Waals surface area contributed by atoms with Crippen molar-refractivity contribution in [1.29, 1.82) is 0 Å². The van der Waals surface area contributed by atoms with Gasteiger partial charge in [-0.2, -0.15) is 0 Å². The van der Waals surface area contributed by atoms with E-state index in [1.54, 1.807) is 13.1 Å². The molecule has 0 bridgehead atoms. The van der Waals surface area contributed by atoms with E-state index in [0.29, 0.717) is 31.1 Å². The molecule has 2 aromatic rings. The number of hydrogen-bond donors (Lipinski definition) is 2. The summed E-state index contributed by atoms with van der Waals surface area (Å²) in [7, 11) is 1.68. The maximum Gasteiger partial charge on any atom is 0.410 e. The maximum atomic E-state index is 12.3. The Balaban J connectivity index is 2.35. The van der Waals surface area contributed by atoms with Gasteiger partial charge in [-0.25, -0.2) is 9.78 Å². The van der Waals surface area contributed by atoms with Crippen LogP contribution in [0, 0.1) is 0 Å². The lowest BCUT2D eigenvalue weighted by atomic mass is 10.2. The van der Waals surface area contributed by atoms with Crippen LogP contribution in [0.3, 0.4) is 0 Å². The van der Waals surface area contributed by atoms with Crippen LogP contribution in [-0.2, 0) is 22.7 Å². The highest BCUT2D eigenvalue weighted by Gasteiger charge is 2.21. The third kappa shape index (κ3) is 5.35. The minimum absolute atomic E-state index is 0.0655. The summed E-state index contributed by atoms with van der Waals surface area (Å²) in [6, 6.07) is 5.37. The molecule has 0 saturated carbocycles. The van der Waals surface area contributed by atoms with Gasteiger partial charge in [0.05, 0.1) is 17.6 Å². The second-order valence-corrected chi connectivity index (χ2v) is 7.52. The van der Waals surface area contributed by atoms with E-state index in [-0.39, 0.29) is 5.84 Å². The van der Waals surface area contributed by atoms with Crippen molar-refractivity contribution in [3.8, 4) is 0 Å². The number of aromatic nitrogens is 2. The van der Waals surface area contributed by atoms with E-state index >= 15 is 0 Å². The van der Waals surface area contributed by atoms with Gasteiger partial charge < -0.3 is 29.9 Å². The van der Waals surface area contributed by atoms with Crippen molar-refractivity contribution in [2.24, 2.45) is 10.9 Å². The number of hydrogen-bond acceptors (Lipinski definition) is 6. The summed E-state index contributed by atoms with van der Waals surface area (Å²) in [4.78, 5) is 18.3. The lowest BCUT2D eigenvalue weighted by Gasteiger charge is -2.25. The Labute approximate surface area is 164 Å². The number of nitrogens with two attached hydrogens (primary N) is 1. The van der Waals surface area contributed by atoms with Crippen LogP contribution in [0.1, 0.15) is 45.5 Å². The topological polar surface area (TPSA) is 115 Å². The second kappa shape index (κ2) is 8.92. The van der Waals surface area contributed by atoms with Gasteiger partial charge in [0.15, 0.2) is 5.84 Å². The standard InChI is InChI=1S/C19H29N5O4/c1-6-9-27-12-24-13(11-23(5)18(25)28-19(2,3)4)10-15-16(24)8-7-14(21-15)17(20)22-26/h7-8,10,26H,6,9,11-12H2,1-5H3,(H2,20,22). The number of amides is 1. The van der Waals surface area contributed by atoms with Gasteiger partial charge in [0, 0.05) is 19.3 Å². The molecule has 9 nitrogen and oxygen atoms in total. The van der Waals surface area contributed by atoms with Crippen LogP contribution in [0.25, 0.3) is 11.0 Å². The molecule has 0 aromatic carbocycles. The van der Waals surface area contributed by atoms with E-state index in [1.165, 1.54) is 4.90 Å². The average molecular weight is 391 g/mol. The Bertz CT molecular complexity index is 854. The molecule has 154 valence electrons. The number of pyridine rings is 1. The molecule has 1 amide bonds. The van der Waals surface area contributed by atoms with Gasteiger partial charge in [0.1, 0.15) is 18.0 Å². The summed E-state index contributed by atoms with van der Waals surface area (Å²) in [5.74, 6) is -0.0655. The summed E-state index contributed by atoms with van der Waals surface area (Å²) in [5.41, 5.74) is 7.78. The van der Waals surface area contributed by atoms with Crippen LogP contribution in [0.2, 0.25) is 0 Å². The molecule has 0 aliphatic rings. The van der Waals surface area contributed by atoms with Gasteiger partial charge in [0.25, 0.3) is 0 Å². The van der Waals surface area contributed by atoms with Crippen LogP contribution in [-0.4, -0.2) is 50.8 Å². The first-order valence-corrected chi connectivity index (χ1v) is 9.15. The van der Waals surface area contributed by atoms with Crippen molar-refractivity contribution in [3.63, 3.8) is 0 Å². The van der Waals surface area contributed by atoms with Crippen LogP contribution >= 0.6 is 0 Å². The SMILES string of the molecule is CCCOCn1c(CN(C)C(=O)OC(C)(C)C)cc2nc(C(N)=NO)ccc21. The zero-order valence-corrected chi connectivity index (χ0v) is 17.1. The Morgan fingerprint density at radius 2 is 2.11 bits per heavy atom. The fourth-order valence-corrected chi connectivity index (χ4v) is 2.62. The number of ether oxygens (including phenoxy) is 2. The van der Waals surface area contributed by atoms with Gasteiger partial charge in [-0.05, 0) is 45.4 Å². The first kappa shape index (κ1) is 21.5. The fourth-order valence-electron chi connectivity index (χ4n) is 2.62. The summed E-state index contributed by atoms with van der Waals surface area (Å²) in [6.45, 7) is 8.79. The van der Waals surface area contributed by atoms with Gasteiger partial charge >= 0.3 is 6.09 Å². The Hall–Kier alpha value is -2.81. The van der Waals surface area contributed by atoms with Crippen LogP contribution in [0.4, 0.5) is 4.79 Å². The summed E-state index contributed by atoms with van der Waals surface area (Å²) in [5, 5.41) is 11.9. The highest BCUT2D eigenvalue weighted by Crippen LogP contribution is 2.21. The molecule has 0 fully saturated rings. The first-order chi connectivity index (χ1) is 13.2. The highest BCUT2D eigenvalue weighted by molar-refractivity contribution is 5.97. The third-order valence-electron chi connectivity index (χ3n) is 3.89. The Kier molecular flexibility index (Phi) is 6.85. The van der Waals surface area contributed by atoms with Crippen LogP contribution in [0.5, 0.6) is 0 Å². The molecule has 0 radical (unpaired) electrons. The minimum Gasteiger partial charge on any atom is -0.444 e. The number of carbonyl (C=O) groups excluding carboxylic acids is 1. The largest absolute Gasteiger partial charge is 0.444 e. The molecule has 0 aliphatic carbocycles. The molecule has 0 atom stereocenters. The second-order valence-electron chi connectivity index (χ2n) is 7.52. The van der Waals surface area contributed by atoms with Crippen molar-refractivity contribution >= 4 is 23.0 Å². The van der Waals surface area contributed by atoms with Gasteiger partial charge in [-0.1, -0.05) is 12.1 Å². The van der Waals surface area contributed by atoms with E-state index in [1.807, 2.05) is 44.4 Å². The lowest BCUT2D eigenvalue weighted by molar-refractivity contribution is 0.0273. The molecular formula is C19H29N5O4. The van der Waals surface area contributed by atoms with Crippen LogP contribution in [0.15, 0.2) is 23.4 Å². The first-order valence-electron chi connectivity index (χ1n) is 9.15. The average Bonchev–Trinajstić information content (AvgIpc) is 2.96. The molecule has 0 unspecified atom stereocenters. The van der Waals surface area contributed by atoms with E-state index in [0.717, 1.165) is 17.6 Å². The van der Waals surface area contributed by atoms with Gasteiger partial charge in [-0.15, -0.1) is 0 Å². The molecule has 0 spiro atoms. The van der Waals surface area contributed by atoms with Gasteiger partial charge in [-0.3, -0.25) is 0 Å². The third-order valence-corrected chi connectivity index (χ3v) is 3.89. The molecule has 0 aliphatic heterocycles. The highest BCUT2D eigenvalue weighted by atomic mass is 16.6. The molecular weight excluding hydrogens is 362 g/mol. The predicted molar refractivity (Wildman–Crippen MR) is 106 cm³/mol. The van der Waals surface area contributed by atoms with Crippen molar-refractivity contribution in [1.82, 2.24) is 14.5 Å². The zero-order chi connectivity index (χ0) is 20.9. The van der Waals surface area contributed by atoms with E-state index in [2.05, 4.69) is 10.1 Å². The van der Waals surface area contributed by atoms with Crippen molar-refractivity contribution in [2.45, 2.75) is 53.0 Å². The number of oxime groups is 1. The van der Waals surface area contributed by atoms with E-state index in [9.17, 15) is 4.79 Å². The molecule has 2 heterocycles. The number of rotatable bonds is 7. The monoisotopic (exact) mass is 391 g/mol. The van der Waals surface area contributed by atoms with Crippen molar-refractivity contribution < 1.29 is 19.5 Å². The van der Waals surface area contributed by atoms with Gasteiger partial charge in [0.2, 0.25) is 0 Å². The Morgan fingerprint density at radius 3 is 2.71 bits per heavy atom. The molecule has 9 heteroatoms. The molecule has 0 saturated heterocycles. The lowest BCUT2D eigenvalue weighted by Crippen LogP contribution is -2.34. The van der Waals surface area contributed by atoms with Crippen molar-refractivity contribution in [2.75, 3.05) is 13.7 Å². The minimum atomic E-state index is -0.570. The normalized spacial score (nSPS) is 12.4. The molecule has 3 N–H and O–H groups in total. The quantitative estimate of drug-likeness (QED) is 0.246. The number of nitrogens with zero attached hydrogens (tertiary/aromatic N) is 4. The number of carbonyl (C=O) groups is 1. The molecule has 28 heavy (non-hydrogen) atoms. The van der Waals surface area contributed by atoms with E-state index in [4.69, 9.17) is 20.4 Å². The van der Waals surface area contributed by atoms with Crippen molar-refractivity contribution in [3.05, 3.63) is 29.6 Å². The predicted octanol–water partition coefficient (Wildman–Crippen LogP) is 2.88. The van der Waals surface area contributed by atoms with Crippen LogP contribution < -0.4 is 5.73 Å². The number of fused-ring (bicyclic) bond motifs is 1. The molecule has 2 aromatic heterocycles. The number of amidine groups is 1. The fraction of sp³-hybridized carbons (Fsp3) is 0.526. The smallest absolute Gasteiger partial charge is 0.410 e. The summed E-state index contributed by atoms with van der Waals surface area (Å²) in [6.07, 6.45) is 0.488.